The molecule has 2 aliphatic rings. The van der Waals surface area contributed by atoms with Crippen molar-refractivity contribution >= 4 is 23.2 Å². The Balaban J connectivity index is 1.22. The summed E-state index contributed by atoms with van der Waals surface area (Å²) >= 11 is 0. The molecular formula is C21H22N4O2. The molecule has 0 N–H and O–H groups in total. The van der Waals surface area contributed by atoms with Crippen LogP contribution in [-0.2, 0) is 4.79 Å². The van der Waals surface area contributed by atoms with Gasteiger partial charge in [0, 0.05) is 37.8 Å². The monoisotopic (exact) mass is 362 g/mol. The number of anilines is 1. The van der Waals surface area contributed by atoms with Gasteiger partial charge in [0.2, 0.25) is 11.6 Å². The molecule has 1 aromatic carbocycles. The third kappa shape index (κ3) is 3.05. The third-order valence-electron chi connectivity index (χ3n) is 5.58. The van der Waals surface area contributed by atoms with Gasteiger partial charge in [-0.2, -0.15) is 4.98 Å². The lowest BCUT2D eigenvalue weighted by Gasteiger charge is -2.34. The number of carbonyl (C=O) groups excluding carboxylic acids is 1. The van der Waals surface area contributed by atoms with Crippen LogP contribution in [0.5, 0.6) is 0 Å². The Morgan fingerprint density at radius 1 is 1.04 bits per heavy atom. The predicted molar refractivity (Wildman–Crippen MR) is 103 cm³/mol. The van der Waals surface area contributed by atoms with Crippen LogP contribution >= 0.6 is 0 Å². The van der Waals surface area contributed by atoms with Gasteiger partial charge in [-0.05, 0) is 37.0 Å². The van der Waals surface area contributed by atoms with Gasteiger partial charge in [0.25, 0.3) is 6.01 Å². The number of hydrogen-bond acceptors (Lipinski definition) is 5. The number of pyridine rings is 1. The molecule has 0 unspecified atom stereocenters. The van der Waals surface area contributed by atoms with Crippen molar-refractivity contribution in [3.05, 3.63) is 53.7 Å². The van der Waals surface area contributed by atoms with Gasteiger partial charge in [-0.3, -0.25) is 4.79 Å². The van der Waals surface area contributed by atoms with Crippen LogP contribution in [0.2, 0.25) is 0 Å². The van der Waals surface area contributed by atoms with Crippen molar-refractivity contribution in [2.75, 3.05) is 31.1 Å². The topological polar surface area (TPSA) is 62.5 Å². The van der Waals surface area contributed by atoms with Crippen molar-refractivity contribution in [2.45, 2.75) is 19.3 Å². The fraction of sp³-hybridized carbons (Fsp3) is 0.381. The Labute approximate surface area is 157 Å². The average molecular weight is 362 g/mol. The highest BCUT2D eigenvalue weighted by molar-refractivity contribution is 5.83. The molecular weight excluding hydrogens is 340 g/mol. The SMILES string of the molecule is Cc1ccc2oc(N3CCN(C(=O)[C@@H]4C[C@@H]4c4ccccc4)CC3)nc2n1. The number of carbonyl (C=O) groups is 1. The van der Waals surface area contributed by atoms with E-state index in [1.54, 1.807) is 0 Å². The molecule has 1 amide bonds. The van der Waals surface area contributed by atoms with Crippen LogP contribution in [0.3, 0.4) is 0 Å². The fourth-order valence-corrected chi connectivity index (χ4v) is 3.93. The molecule has 1 saturated carbocycles. The Kier molecular flexibility index (Phi) is 3.85. The molecule has 2 aromatic heterocycles. The summed E-state index contributed by atoms with van der Waals surface area (Å²) in [5, 5.41) is 0. The Morgan fingerprint density at radius 2 is 1.81 bits per heavy atom. The van der Waals surface area contributed by atoms with Crippen LogP contribution in [0.25, 0.3) is 11.2 Å². The molecule has 1 aliphatic carbocycles. The van der Waals surface area contributed by atoms with Crippen molar-refractivity contribution in [3.8, 4) is 0 Å². The highest BCUT2D eigenvalue weighted by Crippen LogP contribution is 2.48. The van der Waals surface area contributed by atoms with E-state index in [1.807, 2.05) is 42.2 Å². The van der Waals surface area contributed by atoms with Crippen LogP contribution < -0.4 is 4.90 Å². The first kappa shape index (κ1) is 16.3. The van der Waals surface area contributed by atoms with E-state index in [1.165, 1.54) is 5.56 Å². The number of rotatable bonds is 3. The van der Waals surface area contributed by atoms with Gasteiger partial charge in [0.15, 0.2) is 5.58 Å². The van der Waals surface area contributed by atoms with E-state index in [-0.39, 0.29) is 5.92 Å². The van der Waals surface area contributed by atoms with E-state index < -0.39 is 0 Å². The number of hydrogen-bond donors (Lipinski definition) is 0. The molecule has 5 rings (SSSR count). The number of amides is 1. The van der Waals surface area contributed by atoms with Gasteiger partial charge in [-0.1, -0.05) is 30.3 Å². The molecule has 3 heterocycles. The van der Waals surface area contributed by atoms with Gasteiger partial charge < -0.3 is 14.2 Å². The first-order valence-corrected chi connectivity index (χ1v) is 9.52. The summed E-state index contributed by atoms with van der Waals surface area (Å²) in [7, 11) is 0. The molecule has 3 aromatic rings. The van der Waals surface area contributed by atoms with Gasteiger partial charge in [0.05, 0.1) is 0 Å². The largest absolute Gasteiger partial charge is 0.422 e. The molecule has 6 heteroatoms. The smallest absolute Gasteiger partial charge is 0.300 e. The maximum Gasteiger partial charge on any atom is 0.300 e. The molecule has 2 fully saturated rings. The van der Waals surface area contributed by atoms with Gasteiger partial charge in [-0.25, -0.2) is 4.98 Å². The molecule has 138 valence electrons. The first-order chi connectivity index (χ1) is 13.2. The van der Waals surface area contributed by atoms with E-state index in [4.69, 9.17) is 4.42 Å². The molecule has 0 radical (unpaired) electrons. The predicted octanol–water partition coefficient (Wildman–Crippen LogP) is 2.98. The summed E-state index contributed by atoms with van der Waals surface area (Å²) in [6, 6.07) is 14.8. The summed E-state index contributed by atoms with van der Waals surface area (Å²) < 4.78 is 5.84. The maximum absolute atomic E-state index is 12.8. The molecule has 6 nitrogen and oxygen atoms in total. The lowest BCUT2D eigenvalue weighted by Crippen LogP contribution is -2.49. The van der Waals surface area contributed by atoms with Gasteiger partial charge >= 0.3 is 0 Å². The number of aryl methyl sites for hydroxylation is 1. The second-order valence-electron chi connectivity index (χ2n) is 7.44. The zero-order valence-electron chi connectivity index (χ0n) is 15.3. The molecule has 0 spiro atoms. The van der Waals surface area contributed by atoms with Crippen molar-refractivity contribution in [1.82, 2.24) is 14.9 Å². The lowest BCUT2D eigenvalue weighted by molar-refractivity contribution is -0.133. The molecule has 0 bridgehead atoms. The third-order valence-corrected chi connectivity index (χ3v) is 5.58. The number of aromatic nitrogens is 2. The summed E-state index contributed by atoms with van der Waals surface area (Å²) in [6.07, 6.45) is 0.971. The second kappa shape index (κ2) is 6.37. The average Bonchev–Trinajstić information content (AvgIpc) is 3.40. The quantitative estimate of drug-likeness (QED) is 0.717. The normalized spacial score (nSPS) is 22.3. The highest BCUT2D eigenvalue weighted by Gasteiger charge is 2.46. The van der Waals surface area contributed by atoms with Crippen LogP contribution in [0.4, 0.5) is 6.01 Å². The van der Waals surface area contributed by atoms with E-state index in [2.05, 4.69) is 27.0 Å². The number of oxazole rings is 1. The van der Waals surface area contributed by atoms with Crippen molar-refractivity contribution < 1.29 is 9.21 Å². The number of nitrogens with zero attached hydrogens (tertiary/aromatic N) is 4. The fourth-order valence-electron chi connectivity index (χ4n) is 3.93. The zero-order chi connectivity index (χ0) is 18.4. The summed E-state index contributed by atoms with van der Waals surface area (Å²) in [5.74, 6) is 0.830. The van der Waals surface area contributed by atoms with E-state index in [0.717, 1.165) is 25.2 Å². The minimum atomic E-state index is 0.149. The summed E-state index contributed by atoms with van der Waals surface area (Å²) in [4.78, 5) is 25.8. The van der Waals surface area contributed by atoms with Crippen molar-refractivity contribution in [2.24, 2.45) is 5.92 Å². The van der Waals surface area contributed by atoms with Crippen LogP contribution in [0.1, 0.15) is 23.6 Å². The van der Waals surface area contributed by atoms with Gasteiger partial charge in [0.1, 0.15) is 0 Å². The maximum atomic E-state index is 12.8. The van der Waals surface area contributed by atoms with Crippen LogP contribution in [-0.4, -0.2) is 47.0 Å². The lowest BCUT2D eigenvalue weighted by atomic mass is 10.1. The highest BCUT2D eigenvalue weighted by atomic mass is 16.4. The minimum Gasteiger partial charge on any atom is -0.422 e. The number of fused-ring (bicyclic) bond motifs is 1. The van der Waals surface area contributed by atoms with Gasteiger partial charge in [-0.15, -0.1) is 0 Å². The van der Waals surface area contributed by atoms with Crippen LogP contribution in [0, 0.1) is 12.8 Å². The Bertz CT molecular complexity index is 976. The number of benzene rings is 1. The van der Waals surface area contributed by atoms with Crippen LogP contribution in [0.15, 0.2) is 46.9 Å². The standard InChI is InChI=1S/C21H22N4O2/c1-14-7-8-18-19(22-14)23-21(27-18)25-11-9-24(10-12-25)20(26)17-13-16(17)15-5-3-2-4-6-15/h2-8,16-17H,9-13H2,1H3/t16-,17-/m1/s1. The van der Waals surface area contributed by atoms with E-state index in [0.29, 0.717) is 42.2 Å². The zero-order valence-corrected chi connectivity index (χ0v) is 15.3. The Hall–Kier alpha value is -2.89. The summed E-state index contributed by atoms with van der Waals surface area (Å²) in [5.41, 5.74) is 3.56. The van der Waals surface area contributed by atoms with Crippen molar-refractivity contribution in [3.63, 3.8) is 0 Å². The molecule has 2 atom stereocenters. The first-order valence-electron chi connectivity index (χ1n) is 9.52. The second-order valence-corrected chi connectivity index (χ2v) is 7.44. The van der Waals surface area contributed by atoms with E-state index >= 15 is 0 Å². The minimum absolute atomic E-state index is 0.149. The molecule has 1 saturated heterocycles. The van der Waals surface area contributed by atoms with Crippen molar-refractivity contribution in [1.29, 1.82) is 0 Å². The van der Waals surface area contributed by atoms with E-state index in [9.17, 15) is 4.79 Å². The molecule has 27 heavy (non-hydrogen) atoms. The summed E-state index contributed by atoms with van der Waals surface area (Å²) in [6.45, 7) is 4.84. The molecule has 1 aliphatic heterocycles. The number of piperazine rings is 1. The Morgan fingerprint density at radius 3 is 2.59 bits per heavy atom.